The van der Waals surface area contributed by atoms with Crippen LogP contribution in [0.15, 0.2) is 167 Å². The lowest BCUT2D eigenvalue weighted by Gasteiger charge is -2.36. The predicted octanol–water partition coefficient (Wildman–Crippen LogP) is 9.55. The summed E-state index contributed by atoms with van der Waals surface area (Å²) in [5, 5.41) is 9.30. The Balaban J connectivity index is 0.928. The number of hydrogen-bond donors (Lipinski definition) is 0. The molecular weight excluding hydrogens is 762 g/mol. The van der Waals surface area contributed by atoms with E-state index in [-0.39, 0.29) is 13.4 Å². The quantitative estimate of drug-likeness (QED) is 0.144. The summed E-state index contributed by atoms with van der Waals surface area (Å²) in [7, 11) is 0. The first kappa shape index (κ1) is 30.9. The fourth-order valence-electron chi connectivity index (χ4n) is 12.2. The molecule has 0 saturated heterocycles. The van der Waals surface area contributed by atoms with Crippen LogP contribution in [0.1, 0.15) is 0 Å². The van der Waals surface area contributed by atoms with E-state index in [1.165, 1.54) is 65.5 Å². The van der Waals surface area contributed by atoms with Crippen LogP contribution >= 0.6 is 0 Å². The molecule has 0 saturated carbocycles. The number of ether oxygens (including phenoxy) is 2. The van der Waals surface area contributed by atoms with Crippen LogP contribution in [-0.4, -0.2) is 22.6 Å². The average Bonchev–Trinajstić information content (AvgIpc) is 4.05. The lowest BCUT2D eigenvalue weighted by molar-refractivity contribution is 0.465. The maximum atomic E-state index is 6.99. The summed E-state index contributed by atoms with van der Waals surface area (Å²) in [4.78, 5) is 0. The van der Waals surface area contributed by atoms with Crippen molar-refractivity contribution >= 4 is 134 Å². The van der Waals surface area contributed by atoms with Crippen LogP contribution in [0.5, 0.6) is 23.0 Å². The second-order valence-corrected chi connectivity index (χ2v) is 17.5. The first-order valence-electron chi connectivity index (χ1n) is 21.3. The maximum absolute atomic E-state index is 6.99. The molecule has 8 heteroatoms. The Bertz CT molecular complexity index is 4050. The van der Waals surface area contributed by atoms with Gasteiger partial charge in [-0.3, -0.25) is 0 Å². The first-order chi connectivity index (χ1) is 30.7. The van der Waals surface area contributed by atoms with E-state index in [1.807, 2.05) is 12.1 Å². The third-order valence-corrected chi connectivity index (χ3v) is 14.6. The van der Waals surface area contributed by atoms with Gasteiger partial charge in [0.1, 0.15) is 45.3 Å². The molecule has 13 aromatic rings. The lowest BCUT2D eigenvalue weighted by atomic mass is 9.31. The van der Waals surface area contributed by atoms with Crippen LogP contribution in [0.25, 0.3) is 98.9 Å². The number of furan rings is 2. The van der Waals surface area contributed by atoms with E-state index in [4.69, 9.17) is 18.3 Å². The van der Waals surface area contributed by atoms with Crippen LogP contribution < -0.4 is 42.3 Å². The fraction of sp³-hybridized carbons (Fsp3) is 0. The highest BCUT2D eigenvalue weighted by atomic mass is 16.5. The highest BCUT2D eigenvalue weighted by Gasteiger charge is 2.45. The number of aromatic nitrogens is 2. The molecule has 6 nitrogen and oxygen atoms in total. The lowest BCUT2D eigenvalue weighted by Crippen LogP contribution is -2.62. The molecule has 62 heavy (non-hydrogen) atoms. The van der Waals surface area contributed by atoms with Crippen LogP contribution in [-0.2, 0) is 0 Å². The molecule has 9 aromatic carbocycles. The van der Waals surface area contributed by atoms with E-state index in [1.54, 1.807) is 0 Å². The molecule has 0 radical (unpaired) electrons. The van der Waals surface area contributed by atoms with Gasteiger partial charge in [-0.2, -0.15) is 0 Å². The highest BCUT2D eigenvalue weighted by molar-refractivity contribution is 7.02. The van der Waals surface area contributed by atoms with Crippen LogP contribution in [0.4, 0.5) is 0 Å². The van der Waals surface area contributed by atoms with E-state index in [0.29, 0.717) is 0 Å². The summed E-state index contributed by atoms with van der Waals surface area (Å²) in [6, 6.07) is 57.0. The Kier molecular flexibility index (Phi) is 5.11. The van der Waals surface area contributed by atoms with Crippen molar-refractivity contribution in [3.8, 4) is 34.4 Å². The minimum absolute atomic E-state index is 0.0488. The molecule has 0 unspecified atom stereocenters. The van der Waals surface area contributed by atoms with Gasteiger partial charge in [0.15, 0.2) is 0 Å². The number of para-hydroxylation sites is 4. The van der Waals surface area contributed by atoms with Crippen molar-refractivity contribution in [1.82, 2.24) is 9.13 Å². The molecule has 4 aromatic heterocycles. The molecule has 17 rings (SSSR count). The van der Waals surface area contributed by atoms with Gasteiger partial charge in [0.05, 0.1) is 11.0 Å². The van der Waals surface area contributed by atoms with E-state index in [9.17, 15) is 0 Å². The molecule has 0 bridgehead atoms. The Morgan fingerprint density at radius 2 is 0.790 bits per heavy atom. The van der Waals surface area contributed by atoms with Crippen molar-refractivity contribution < 1.29 is 18.3 Å². The van der Waals surface area contributed by atoms with E-state index in [0.717, 1.165) is 89.2 Å². The summed E-state index contributed by atoms with van der Waals surface area (Å²) in [6.45, 7) is -0.0976. The monoisotopic (exact) mass is 788 g/mol. The minimum atomic E-state index is -0.0488. The van der Waals surface area contributed by atoms with Crippen molar-refractivity contribution in [2.24, 2.45) is 0 Å². The van der Waals surface area contributed by atoms with Gasteiger partial charge in [0, 0.05) is 71.6 Å². The van der Waals surface area contributed by atoms with Crippen molar-refractivity contribution in [1.29, 1.82) is 0 Å². The Morgan fingerprint density at radius 3 is 1.31 bits per heavy atom. The first-order valence-corrected chi connectivity index (χ1v) is 21.3. The van der Waals surface area contributed by atoms with Crippen LogP contribution in [0.3, 0.4) is 0 Å². The highest BCUT2D eigenvalue weighted by Crippen LogP contribution is 2.44. The topological polar surface area (TPSA) is 54.6 Å². The number of benzene rings is 9. The molecule has 0 fully saturated rings. The molecule has 0 spiro atoms. The fourth-order valence-corrected chi connectivity index (χ4v) is 12.2. The van der Waals surface area contributed by atoms with Crippen molar-refractivity contribution in [2.45, 2.75) is 0 Å². The zero-order chi connectivity index (χ0) is 39.7. The number of nitrogens with zero attached hydrogens (tertiary/aromatic N) is 2. The zero-order valence-corrected chi connectivity index (χ0v) is 32.7. The molecule has 8 heterocycles. The molecular formula is C54H26B2N2O4. The third-order valence-electron chi connectivity index (χ3n) is 14.6. The van der Waals surface area contributed by atoms with Crippen molar-refractivity contribution in [3.63, 3.8) is 0 Å². The normalized spacial score (nSPS) is 14.0. The average molecular weight is 788 g/mol. The summed E-state index contributed by atoms with van der Waals surface area (Å²) < 4.78 is 31.8. The van der Waals surface area contributed by atoms with Gasteiger partial charge in [-0.1, -0.05) is 91.0 Å². The second kappa shape index (κ2) is 10.3. The molecule has 4 aliphatic rings. The van der Waals surface area contributed by atoms with Gasteiger partial charge in [-0.05, 0) is 93.4 Å². The Labute approximate surface area is 351 Å². The van der Waals surface area contributed by atoms with Gasteiger partial charge in [0.25, 0.3) is 13.4 Å². The third kappa shape index (κ3) is 3.43. The van der Waals surface area contributed by atoms with E-state index >= 15 is 0 Å². The molecule has 0 amide bonds. The Morgan fingerprint density at radius 1 is 0.323 bits per heavy atom. The number of hydrogen-bond acceptors (Lipinski definition) is 4. The molecule has 4 aliphatic heterocycles. The molecule has 0 atom stereocenters. The van der Waals surface area contributed by atoms with Gasteiger partial charge < -0.3 is 27.4 Å². The molecule has 0 aliphatic carbocycles. The summed E-state index contributed by atoms with van der Waals surface area (Å²) in [6.07, 6.45) is 0. The SMILES string of the molecule is c1cc2c3c(c1)-n1c4cc5c(cc4c4cccc(c41)B3c1cc3c(cc1O2)Oc1cccc2c1B3c1cccc3c4cc6oc7ccccc7c6cc4n-2c13)oc1ccccc15. The van der Waals surface area contributed by atoms with Crippen molar-refractivity contribution in [2.75, 3.05) is 0 Å². The maximum Gasteiger partial charge on any atom is 0.256 e. The van der Waals surface area contributed by atoms with Crippen LogP contribution in [0, 0.1) is 0 Å². The molecule has 0 N–H and O–H groups in total. The van der Waals surface area contributed by atoms with Gasteiger partial charge in [-0.15, -0.1) is 0 Å². The van der Waals surface area contributed by atoms with E-state index < -0.39 is 0 Å². The number of rotatable bonds is 0. The standard InChI is InChI=1S/C54H26B2N2O4/c1-3-17-43-27(9-1)33-21-41-31(23-47(33)59-43)29-11-5-13-35-53(29)57(41)39-15-7-19-45-51(39)55(35)37-25-38-50(26-49(37)61-45)62-46-20-8-16-40-52(46)56(38)36-14-6-12-30-32-24-48-34(22-42(32)58(40)54(30)36)28-10-2-4-18-44(28)60-48/h1-26H. The van der Waals surface area contributed by atoms with Crippen LogP contribution in [0.2, 0.25) is 0 Å². The number of fused-ring (bicyclic) bond motifs is 20. The summed E-state index contributed by atoms with van der Waals surface area (Å²) >= 11 is 0. The zero-order valence-electron chi connectivity index (χ0n) is 32.7. The summed E-state index contributed by atoms with van der Waals surface area (Å²) in [5.74, 6) is 3.43. The predicted molar refractivity (Wildman–Crippen MR) is 252 cm³/mol. The van der Waals surface area contributed by atoms with Crippen molar-refractivity contribution in [3.05, 3.63) is 158 Å². The smallest absolute Gasteiger partial charge is 0.256 e. The second-order valence-electron chi connectivity index (χ2n) is 17.5. The van der Waals surface area contributed by atoms with Gasteiger partial charge in [-0.25, -0.2) is 0 Å². The minimum Gasteiger partial charge on any atom is -0.458 e. The van der Waals surface area contributed by atoms with Gasteiger partial charge in [0.2, 0.25) is 0 Å². The van der Waals surface area contributed by atoms with E-state index in [2.05, 4.69) is 155 Å². The Hall–Kier alpha value is -8.09. The largest absolute Gasteiger partial charge is 0.458 e. The molecule has 282 valence electrons. The summed E-state index contributed by atoms with van der Waals surface area (Å²) in [5.41, 5.74) is 17.9. The van der Waals surface area contributed by atoms with Gasteiger partial charge >= 0.3 is 0 Å².